The number of rotatable bonds is 9. The minimum atomic E-state index is -3.62. The van der Waals surface area contributed by atoms with Crippen LogP contribution in [-0.2, 0) is 21.9 Å². The largest absolute Gasteiger partial charge is 0.325 e. The molecule has 3 aromatic rings. The topological polar surface area (TPSA) is 110 Å². The molecule has 0 unspecified atom stereocenters. The second kappa shape index (κ2) is 10.2. The number of thioether (sulfide) groups is 1. The van der Waals surface area contributed by atoms with Crippen molar-refractivity contribution in [2.45, 2.75) is 30.8 Å². The van der Waals surface area contributed by atoms with E-state index in [0.717, 1.165) is 5.56 Å². The summed E-state index contributed by atoms with van der Waals surface area (Å²) in [6.07, 6.45) is 3.38. The Kier molecular flexibility index (Phi) is 7.64. The molecule has 1 aromatic carbocycles. The van der Waals surface area contributed by atoms with Crippen LogP contribution in [0.2, 0.25) is 0 Å². The van der Waals surface area contributed by atoms with Crippen LogP contribution in [0.4, 0.5) is 5.69 Å². The average Bonchev–Trinajstić information content (AvgIpc) is 3.15. The van der Waals surface area contributed by atoms with E-state index in [2.05, 4.69) is 20.5 Å². The molecule has 170 valence electrons. The first kappa shape index (κ1) is 23.9. The molecule has 0 saturated carbocycles. The summed E-state index contributed by atoms with van der Waals surface area (Å²) in [5.74, 6) is 0.493. The molecule has 0 fully saturated rings. The normalized spacial score (nSPS) is 11.7. The van der Waals surface area contributed by atoms with Gasteiger partial charge in [0.05, 0.1) is 10.6 Å². The molecule has 1 N–H and O–H groups in total. The quantitative estimate of drug-likeness (QED) is 0.475. The van der Waals surface area contributed by atoms with Gasteiger partial charge >= 0.3 is 0 Å². The van der Waals surface area contributed by atoms with Gasteiger partial charge in [-0.05, 0) is 36.8 Å². The van der Waals surface area contributed by atoms with Gasteiger partial charge in [-0.25, -0.2) is 8.42 Å². The predicted molar refractivity (Wildman–Crippen MR) is 125 cm³/mol. The highest BCUT2D eigenvalue weighted by Gasteiger charge is 2.24. The zero-order chi connectivity index (χ0) is 23.3. The summed E-state index contributed by atoms with van der Waals surface area (Å²) in [6.45, 7) is 6.09. The van der Waals surface area contributed by atoms with Crippen LogP contribution in [0.5, 0.6) is 0 Å². The van der Waals surface area contributed by atoms with Crippen molar-refractivity contribution in [3.8, 4) is 11.4 Å². The maximum atomic E-state index is 12.9. The summed E-state index contributed by atoms with van der Waals surface area (Å²) >= 11 is 1.25. The summed E-state index contributed by atoms with van der Waals surface area (Å²) in [4.78, 5) is 16.8. The Hall–Kier alpha value is -2.76. The van der Waals surface area contributed by atoms with Crippen LogP contribution in [-0.4, -0.2) is 57.2 Å². The zero-order valence-electron chi connectivity index (χ0n) is 18.4. The number of hydrogen-bond donors (Lipinski definition) is 1. The van der Waals surface area contributed by atoms with Gasteiger partial charge in [-0.1, -0.05) is 31.7 Å². The molecule has 2 aromatic heterocycles. The van der Waals surface area contributed by atoms with Gasteiger partial charge in [-0.2, -0.15) is 4.31 Å². The lowest BCUT2D eigenvalue weighted by atomic mass is 10.2. The van der Waals surface area contributed by atoms with Crippen LogP contribution in [0.3, 0.4) is 0 Å². The van der Waals surface area contributed by atoms with Crippen LogP contribution in [0.1, 0.15) is 19.4 Å². The molecule has 11 heteroatoms. The Morgan fingerprint density at radius 1 is 1.19 bits per heavy atom. The van der Waals surface area contributed by atoms with Crippen molar-refractivity contribution in [2.75, 3.05) is 24.2 Å². The number of carbonyl (C=O) groups is 1. The number of sulfonamides is 1. The fourth-order valence-electron chi connectivity index (χ4n) is 3.17. The highest BCUT2D eigenvalue weighted by atomic mass is 32.2. The molecule has 3 rings (SSSR count). The molecule has 0 aliphatic heterocycles. The molecule has 0 aliphatic carbocycles. The molecular weight excluding hydrogens is 448 g/mol. The number of anilines is 1. The van der Waals surface area contributed by atoms with E-state index in [4.69, 9.17) is 0 Å². The number of aryl methyl sites for hydroxylation is 1. The molecule has 32 heavy (non-hydrogen) atoms. The van der Waals surface area contributed by atoms with Crippen molar-refractivity contribution in [3.05, 3.63) is 48.3 Å². The maximum absolute atomic E-state index is 12.9. The second-order valence-electron chi connectivity index (χ2n) is 7.01. The van der Waals surface area contributed by atoms with Crippen LogP contribution in [0.25, 0.3) is 11.4 Å². The van der Waals surface area contributed by atoms with Gasteiger partial charge in [-0.15, -0.1) is 10.2 Å². The summed E-state index contributed by atoms with van der Waals surface area (Å²) in [7, 11) is -1.80. The van der Waals surface area contributed by atoms with Gasteiger partial charge in [0.1, 0.15) is 0 Å². The Balaban J connectivity index is 1.69. The highest BCUT2D eigenvalue weighted by molar-refractivity contribution is 7.99. The summed E-state index contributed by atoms with van der Waals surface area (Å²) < 4.78 is 29.0. The van der Waals surface area contributed by atoms with E-state index < -0.39 is 10.0 Å². The molecular formula is C21H26N6O3S2. The van der Waals surface area contributed by atoms with E-state index in [9.17, 15) is 13.2 Å². The van der Waals surface area contributed by atoms with Crippen molar-refractivity contribution in [1.29, 1.82) is 0 Å². The SMILES string of the molecule is CCN(CC)S(=O)(=O)c1cc(NC(=O)CSc2nnc(-c3cccnc3)n2C)ccc1C. The predicted octanol–water partition coefficient (Wildman–Crippen LogP) is 2.95. The fourth-order valence-corrected chi connectivity index (χ4v) is 5.59. The van der Waals surface area contributed by atoms with Gasteiger partial charge in [0.15, 0.2) is 11.0 Å². The number of hydrogen-bond acceptors (Lipinski definition) is 7. The van der Waals surface area contributed by atoms with Crippen molar-refractivity contribution >= 4 is 33.4 Å². The van der Waals surface area contributed by atoms with Crippen LogP contribution in [0, 0.1) is 6.92 Å². The molecule has 0 saturated heterocycles. The number of amides is 1. The lowest BCUT2D eigenvalue weighted by Crippen LogP contribution is -2.31. The minimum absolute atomic E-state index is 0.102. The number of pyridine rings is 1. The van der Waals surface area contributed by atoms with Crippen LogP contribution < -0.4 is 5.32 Å². The standard InChI is InChI=1S/C21H26N6O3S2/c1-5-27(6-2)32(29,30)18-12-17(10-9-15(18)3)23-19(28)14-31-21-25-24-20(26(21)4)16-8-7-11-22-13-16/h7-13H,5-6,14H2,1-4H3,(H,23,28). The minimum Gasteiger partial charge on any atom is -0.325 e. The molecule has 0 bridgehead atoms. The lowest BCUT2D eigenvalue weighted by Gasteiger charge is -2.20. The lowest BCUT2D eigenvalue weighted by molar-refractivity contribution is -0.113. The third kappa shape index (κ3) is 5.17. The Bertz CT molecular complexity index is 1190. The number of nitrogens with zero attached hydrogens (tertiary/aromatic N) is 5. The average molecular weight is 475 g/mol. The smallest absolute Gasteiger partial charge is 0.243 e. The van der Waals surface area contributed by atoms with E-state index in [1.807, 2.05) is 19.2 Å². The third-order valence-electron chi connectivity index (χ3n) is 4.88. The van der Waals surface area contributed by atoms with Crippen LogP contribution >= 0.6 is 11.8 Å². The van der Waals surface area contributed by atoms with Gasteiger partial charge in [0.2, 0.25) is 15.9 Å². The molecule has 9 nitrogen and oxygen atoms in total. The summed E-state index contributed by atoms with van der Waals surface area (Å²) in [5, 5.41) is 11.7. The van der Waals surface area contributed by atoms with E-state index in [-0.39, 0.29) is 16.6 Å². The molecule has 0 spiro atoms. The second-order valence-corrected chi connectivity index (χ2v) is 9.86. The van der Waals surface area contributed by atoms with Gasteiger partial charge in [0.25, 0.3) is 0 Å². The number of benzene rings is 1. The van der Waals surface area contributed by atoms with E-state index >= 15 is 0 Å². The van der Waals surface area contributed by atoms with Gasteiger partial charge < -0.3 is 9.88 Å². The Labute approximate surface area is 192 Å². The van der Waals surface area contributed by atoms with E-state index in [0.29, 0.717) is 35.3 Å². The zero-order valence-corrected chi connectivity index (χ0v) is 20.1. The molecule has 0 aliphatic rings. The summed E-state index contributed by atoms with van der Waals surface area (Å²) in [5.41, 5.74) is 1.90. The molecule has 1 amide bonds. The first-order valence-electron chi connectivity index (χ1n) is 10.1. The van der Waals surface area contributed by atoms with Gasteiger partial charge in [-0.3, -0.25) is 9.78 Å². The van der Waals surface area contributed by atoms with E-state index in [1.54, 1.807) is 49.9 Å². The fraction of sp³-hybridized carbons (Fsp3) is 0.333. The molecule has 0 atom stereocenters. The first-order chi connectivity index (χ1) is 15.3. The van der Waals surface area contributed by atoms with E-state index in [1.165, 1.54) is 22.1 Å². The molecule has 0 radical (unpaired) electrons. The van der Waals surface area contributed by atoms with Crippen LogP contribution in [0.15, 0.2) is 52.8 Å². The highest BCUT2D eigenvalue weighted by Crippen LogP contribution is 2.25. The Morgan fingerprint density at radius 3 is 2.59 bits per heavy atom. The monoisotopic (exact) mass is 474 g/mol. The third-order valence-corrected chi connectivity index (χ3v) is 8.09. The number of aromatic nitrogens is 4. The maximum Gasteiger partial charge on any atom is 0.243 e. The van der Waals surface area contributed by atoms with Crippen molar-refractivity contribution in [2.24, 2.45) is 7.05 Å². The van der Waals surface area contributed by atoms with Crippen molar-refractivity contribution in [1.82, 2.24) is 24.1 Å². The number of carbonyl (C=O) groups excluding carboxylic acids is 1. The number of nitrogens with one attached hydrogen (secondary N) is 1. The van der Waals surface area contributed by atoms with Gasteiger partial charge in [0, 0.05) is 43.8 Å². The van der Waals surface area contributed by atoms with Crippen molar-refractivity contribution in [3.63, 3.8) is 0 Å². The Morgan fingerprint density at radius 2 is 1.94 bits per heavy atom. The van der Waals surface area contributed by atoms with Crippen molar-refractivity contribution < 1.29 is 13.2 Å². The summed E-state index contributed by atoms with van der Waals surface area (Å²) in [6, 6.07) is 8.61. The first-order valence-corrected chi connectivity index (χ1v) is 12.5. The molecule has 2 heterocycles.